The number of carboxylic acid groups (broad SMARTS) is 1. The Hall–Kier alpha value is -1.89. The molecule has 3 N–H and O–H groups in total. The maximum atomic E-state index is 13.1. The van der Waals surface area contributed by atoms with Gasteiger partial charge in [0.25, 0.3) is 5.91 Å². The van der Waals surface area contributed by atoms with Crippen molar-refractivity contribution in [1.82, 2.24) is 5.32 Å². The normalized spacial score (nSPS) is 20.4. The van der Waals surface area contributed by atoms with Crippen molar-refractivity contribution < 1.29 is 19.5 Å². The third-order valence-corrected chi connectivity index (χ3v) is 6.91. The number of hydrogen-bond donors (Lipinski definition) is 3. The average Bonchev–Trinajstić information content (AvgIpc) is 3.20. The van der Waals surface area contributed by atoms with Crippen molar-refractivity contribution in [3.8, 4) is 0 Å². The second-order valence-corrected chi connectivity index (χ2v) is 9.57. The molecule has 0 radical (unpaired) electrons. The Morgan fingerprint density at radius 1 is 1.18 bits per heavy atom. The van der Waals surface area contributed by atoms with Crippen LogP contribution in [0.25, 0.3) is 0 Å². The number of rotatable bonds is 7. The van der Waals surface area contributed by atoms with Gasteiger partial charge in [-0.3, -0.25) is 14.4 Å². The highest BCUT2D eigenvalue weighted by Gasteiger charge is 2.30. The van der Waals surface area contributed by atoms with E-state index >= 15 is 0 Å². The van der Waals surface area contributed by atoms with E-state index in [9.17, 15) is 14.4 Å². The van der Waals surface area contributed by atoms with E-state index in [0.717, 1.165) is 50.5 Å². The van der Waals surface area contributed by atoms with Crippen molar-refractivity contribution in [3.63, 3.8) is 0 Å². The Labute approximate surface area is 170 Å². The van der Waals surface area contributed by atoms with Crippen LogP contribution in [0.4, 0.5) is 5.00 Å². The molecule has 0 saturated heterocycles. The molecule has 0 unspecified atom stereocenters. The number of anilines is 1. The highest BCUT2D eigenvalue weighted by molar-refractivity contribution is 7.17. The van der Waals surface area contributed by atoms with Gasteiger partial charge in [-0.05, 0) is 49.5 Å². The molecule has 28 heavy (non-hydrogen) atoms. The molecule has 1 fully saturated rings. The molecule has 0 aliphatic heterocycles. The van der Waals surface area contributed by atoms with Gasteiger partial charge in [0, 0.05) is 23.8 Å². The van der Waals surface area contributed by atoms with Crippen LogP contribution < -0.4 is 10.6 Å². The fourth-order valence-corrected chi connectivity index (χ4v) is 5.70. The Bertz CT molecular complexity index is 752. The molecule has 154 valence electrons. The van der Waals surface area contributed by atoms with Gasteiger partial charge in [-0.25, -0.2) is 0 Å². The van der Waals surface area contributed by atoms with Crippen LogP contribution >= 0.6 is 11.3 Å². The zero-order valence-corrected chi connectivity index (χ0v) is 17.5. The number of thiophene rings is 1. The van der Waals surface area contributed by atoms with E-state index < -0.39 is 5.97 Å². The largest absolute Gasteiger partial charge is 0.481 e. The van der Waals surface area contributed by atoms with E-state index in [1.54, 1.807) is 6.92 Å². The predicted molar refractivity (Wildman–Crippen MR) is 110 cm³/mol. The molecular weight excluding hydrogens is 376 g/mol. The highest BCUT2D eigenvalue weighted by Crippen LogP contribution is 2.40. The maximum absolute atomic E-state index is 13.1. The van der Waals surface area contributed by atoms with Gasteiger partial charge in [-0.2, -0.15) is 0 Å². The first-order valence-corrected chi connectivity index (χ1v) is 11.1. The number of nitrogens with one attached hydrogen (secondary N) is 2. The summed E-state index contributed by atoms with van der Waals surface area (Å²) in [5.74, 6) is -0.875. The SMILES string of the molecule is C[C@@H](CC(=O)O)CC(=O)Nc1sc2c(c1C(=O)NC1CCCC1)CC[C@H](C)C2. The molecule has 2 amide bonds. The molecular formula is C21H30N2O4S. The molecule has 3 rings (SSSR count). The second-order valence-electron chi connectivity index (χ2n) is 8.47. The topological polar surface area (TPSA) is 95.5 Å². The van der Waals surface area contributed by atoms with Crippen LogP contribution in [-0.4, -0.2) is 28.9 Å². The first-order valence-electron chi connectivity index (χ1n) is 10.3. The molecule has 0 aromatic carbocycles. The van der Waals surface area contributed by atoms with E-state index in [4.69, 9.17) is 5.11 Å². The van der Waals surface area contributed by atoms with Gasteiger partial charge in [0.05, 0.1) is 5.56 Å². The fourth-order valence-electron chi connectivity index (χ4n) is 4.27. The summed E-state index contributed by atoms with van der Waals surface area (Å²) in [7, 11) is 0. The van der Waals surface area contributed by atoms with Crippen LogP contribution in [-0.2, 0) is 22.4 Å². The number of carbonyl (C=O) groups is 3. The van der Waals surface area contributed by atoms with Crippen molar-refractivity contribution in [1.29, 1.82) is 0 Å². The Kier molecular flexibility index (Phi) is 6.75. The summed E-state index contributed by atoms with van der Waals surface area (Å²) >= 11 is 1.51. The van der Waals surface area contributed by atoms with E-state index in [1.165, 1.54) is 16.2 Å². The smallest absolute Gasteiger partial charge is 0.303 e. The van der Waals surface area contributed by atoms with Crippen molar-refractivity contribution in [2.75, 3.05) is 5.32 Å². The molecule has 1 aromatic heterocycles. The third-order valence-electron chi connectivity index (χ3n) is 5.74. The maximum Gasteiger partial charge on any atom is 0.303 e. The predicted octanol–water partition coefficient (Wildman–Crippen LogP) is 3.98. The Morgan fingerprint density at radius 2 is 1.89 bits per heavy atom. The van der Waals surface area contributed by atoms with Crippen LogP contribution in [0.3, 0.4) is 0 Å². The van der Waals surface area contributed by atoms with E-state index in [0.29, 0.717) is 16.5 Å². The van der Waals surface area contributed by atoms with Gasteiger partial charge in [0.15, 0.2) is 0 Å². The number of aliphatic carboxylic acids is 1. The number of hydrogen-bond acceptors (Lipinski definition) is 4. The fraction of sp³-hybridized carbons (Fsp3) is 0.667. The van der Waals surface area contributed by atoms with Gasteiger partial charge in [-0.15, -0.1) is 11.3 Å². The minimum atomic E-state index is -0.905. The quantitative estimate of drug-likeness (QED) is 0.638. The standard InChI is InChI=1S/C21H30N2O4S/c1-12-7-8-15-16(9-12)28-21(23-17(24)10-13(2)11-18(25)26)19(15)20(27)22-14-5-3-4-6-14/h12-14H,3-11H2,1-2H3,(H,22,27)(H,23,24)(H,25,26)/t12-,13+/m0/s1. The molecule has 1 heterocycles. The van der Waals surface area contributed by atoms with E-state index in [2.05, 4.69) is 17.6 Å². The summed E-state index contributed by atoms with van der Waals surface area (Å²) in [6.07, 6.45) is 7.28. The Morgan fingerprint density at radius 3 is 2.57 bits per heavy atom. The lowest BCUT2D eigenvalue weighted by molar-refractivity contribution is -0.138. The minimum absolute atomic E-state index is 0.0408. The van der Waals surface area contributed by atoms with Crippen LogP contribution in [0.5, 0.6) is 0 Å². The molecule has 1 aromatic rings. The van der Waals surface area contributed by atoms with Crippen LogP contribution in [0.2, 0.25) is 0 Å². The lowest BCUT2D eigenvalue weighted by atomic mass is 9.88. The molecule has 7 heteroatoms. The molecule has 2 atom stereocenters. The van der Waals surface area contributed by atoms with Gasteiger partial charge in [-0.1, -0.05) is 26.7 Å². The average molecular weight is 407 g/mol. The van der Waals surface area contributed by atoms with Crippen LogP contribution in [0.15, 0.2) is 0 Å². The Balaban J connectivity index is 1.78. The number of carboxylic acids is 1. The van der Waals surface area contributed by atoms with Gasteiger partial charge < -0.3 is 15.7 Å². The van der Waals surface area contributed by atoms with E-state index in [-0.39, 0.29) is 36.6 Å². The monoisotopic (exact) mass is 406 g/mol. The lowest BCUT2D eigenvalue weighted by Crippen LogP contribution is -2.33. The molecule has 2 aliphatic rings. The van der Waals surface area contributed by atoms with Crippen molar-refractivity contribution in [2.45, 2.75) is 77.7 Å². The lowest BCUT2D eigenvalue weighted by Gasteiger charge is -2.19. The summed E-state index contributed by atoms with van der Waals surface area (Å²) < 4.78 is 0. The number of carbonyl (C=O) groups excluding carboxylic acids is 2. The van der Waals surface area contributed by atoms with Crippen molar-refractivity contribution >= 4 is 34.1 Å². The summed E-state index contributed by atoms with van der Waals surface area (Å²) in [4.78, 5) is 37.6. The summed E-state index contributed by atoms with van der Waals surface area (Å²) in [6, 6.07) is 0.227. The summed E-state index contributed by atoms with van der Waals surface area (Å²) in [6.45, 7) is 3.97. The molecule has 0 spiro atoms. The molecule has 6 nitrogen and oxygen atoms in total. The third kappa shape index (κ3) is 5.13. The van der Waals surface area contributed by atoms with Gasteiger partial charge in [0.1, 0.15) is 5.00 Å². The van der Waals surface area contributed by atoms with Gasteiger partial charge in [0.2, 0.25) is 5.91 Å². The second kappa shape index (κ2) is 9.07. The van der Waals surface area contributed by atoms with Gasteiger partial charge >= 0.3 is 5.97 Å². The highest BCUT2D eigenvalue weighted by atomic mass is 32.1. The van der Waals surface area contributed by atoms with Crippen molar-refractivity contribution in [2.24, 2.45) is 11.8 Å². The van der Waals surface area contributed by atoms with E-state index in [1.807, 2.05) is 0 Å². The zero-order chi connectivity index (χ0) is 20.3. The molecule has 2 aliphatic carbocycles. The number of amides is 2. The minimum Gasteiger partial charge on any atom is -0.481 e. The molecule has 1 saturated carbocycles. The molecule has 0 bridgehead atoms. The van der Waals surface area contributed by atoms with Crippen LogP contribution in [0.1, 0.15) is 79.6 Å². The number of fused-ring (bicyclic) bond motifs is 1. The van der Waals surface area contributed by atoms with Crippen LogP contribution in [0, 0.1) is 11.8 Å². The summed E-state index contributed by atoms with van der Waals surface area (Å²) in [5.41, 5.74) is 1.73. The zero-order valence-electron chi connectivity index (χ0n) is 16.7. The first kappa shape index (κ1) is 20.8. The first-order chi connectivity index (χ1) is 13.3. The summed E-state index contributed by atoms with van der Waals surface area (Å²) in [5, 5.41) is 15.6. The van der Waals surface area contributed by atoms with Crippen molar-refractivity contribution in [3.05, 3.63) is 16.0 Å².